The minimum absolute atomic E-state index is 0.0876. The van der Waals surface area contributed by atoms with Crippen LogP contribution in [0.25, 0.3) is 11.0 Å². The Morgan fingerprint density at radius 3 is 2.65 bits per heavy atom. The fourth-order valence-electron chi connectivity index (χ4n) is 1.97. The van der Waals surface area contributed by atoms with Gasteiger partial charge in [0, 0.05) is 13.0 Å². The highest BCUT2D eigenvalue weighted by Crippen LogP contribution is 2.18. The summed E-state index contributed by atoms with van der Waals surface area (Å²) in [5.74, 6) is -0.282. The number of alkyl carbamates (subject to hydrolysis) is 1. The van der Waals surface area contributed by atoms with Gasteiger partial charge >= 0.3 is 11.8 Å². The fourth-order valence-corrected chi connectivity index (χ4v) is 1.97. The maximum absolute atomic E-state index is 11.9. The van der Waals surface area contributed by atoms with Gasteiger partial charge in [0.15, 0.2) is 0 Å². The molecule has 0 aliphatic carbocycles. The number of H-pyrrole nitrogens is 2. The Hall–Kier alpha value is -2.77. The van der Waals surface area contributed by atoms with Gasteiger partial charge in [-0.2, -0.15) is 0 Å². The molecule has 0 aliphatic heterocycles. The quantitative estimate of drug-likeness (QED) is 0.686. The van der Waals surface area contributed by atoms with Crippen molar-refractivity contribution in [1.29, 1.82) is 0 Å². The summed E-state index contributed by atoms with van der Waals surface area (Å²) in [7, 11) is 0. The maximum Gasteiger partial charge on any atom is 0.407 e. The lowest BCUT2D eigenvalue weighted by atomic mass is 10.2. The van der Waals surface area contributed by atoms with E-state index in [2.05, 4.69) is 20.6 Å². The van der Waals surface area contributed by atoms with Gasteiger partial charge in [-0.1, -0.05) is 6.07 Å². The lowest BCUT2D eigenvalue weighted by Crippen LogP contribution is -2.34. The number of nitrogens with one attached hydrogen (secondary N) is 4. The van der Waals surface area contributed by atoms with E-state index < -0.39 is 11.7 Å². The van der Waals surface area contributed by atoms with Gasteiger partial charge in [-0.25, -0.2) is 9.59 Å². The Bertz CT molecular complexity index is 770. The van der Waals surface area contributed by atoms with Crippen molar-refractivity contribution in [2.24, 2.45) is 0 Å². The first kappa shape index (κ1) is 16.6. The van der Waals surface area contributed by atoms with E-state index in [9.17, 15) is 14.4 Å². The van der Waals surface area contributed by atoms with Gasteiger partial charge in [-0.15, -0.1) is 0 Å². The molecule has 0 bridgehead atoms. The minimum Gasteiger partial charge on any atom is -0.444 e. The highest BCUT2D eigenvalue weighted by molar-refractivity contribution is 5.99. The average Bonchev–Trinajstić information content (AvgIpc) is 2.78. The Balaban J connectivity index is 1.87. The normalized spacial score (nSPS) is 11.3. The van der Waals surface area contributed by atoms with E-state index in [1.165, 1.54) is 0 Å². The first-order valence-corrected chi connectivity index (χ1v) is 7.22. The van der Waals surface area contributed by atoms with Crippen molar-refractivity contribution < 1.29 is 14.3 Å². The van der Waals surface area contributed by atoms with Crippen LogP contribution in [-0.4, -0.2) is 34.1 Å². The van der Waals surface area contributed by atoms with E-state index in [1.807, 2.05) is 0 Å². The van der Waals surface area contributed by atoms with Gasteiger partial charge in [0.1, 0.15) is 5.60 Å². The van der Waals surface area contributed by atoms with Gasteiger partial charge in [-0.05, 0) is 32.9 Å². The molecule has 1 aromatic carbocycles. The number of carbonyl (C=O) groups is 2. The second-order valence-electron chi connectivity index (χ2n) is 6.03. The number of hydrogen-bond acceptors (Lipinski definition) is 4. The Kier molecular flexibility index (Phi) is 4.73. The third-order valence-corrected chi connectivity index (χ3v) is 2.85. The van der Waals surface area contributed by atoms with Crippen LogP contribution in [0.2, 0.25) is 0 Å². The second-order valence-corrected chi connectivity index (χ2v) is 6.03. The van der Waals surface area contributed by atoms with E-state index in [0.717, 1.165) is 0 Å². The van der Waals surface area contributed by atoms with Crippen LogP contribution < -0.4 is 16.3 Å². The van der Waals surface area contributed by atoms with Crippen molar-refractivity contribution in [3.63, 3.8) is 0 Å². The zero-order chi connectivity index (χ0) is 17.0. The number of hydrogen-bond donors (Lipinski definition) is 4. The molecule has 2 rings (SSSR count). The van der Waals surface area contributed by atoms with Crippen LogP contribution in [0.4, 0.5) is 10.5 Å². The van der Waals surface area contributed by atoms with Crippen molar-refractivity contribution in [2.45, 2.75) is 32.8 Å². The number of rotatable bonds is 4. The number of ether oxygens (including phenoxy) is 1. The van der Waals surface area contributed by atoms with Crippen LogP contribution in [0, 0.1) is 0 Å². The molecule has 1 aromatic heterocycles. The summed E-state index contributed by atoms with van der Waals surface area (Å²) < 4.78 is 5.07. The van der Waals surface area contributed by atoms with Gasteiger partial charge in [0.25, 0.3) is 0 Å². The number of amides is 2. The Labute approximate surface area is 132 Å². The van der Waals surface area contributed by atoms with Crippen LogP contribution in [0.15, 0.2) is 23.0 Å². The number of imidazole rings is 1. The maximum atomic E-state index is 11.9. The molecule has 0 saturated carbocycles. The zero-order valence-electron chi connectivity index (χ0n) is 13.3. The standard InChI is InChI=1S/C15H20N4O4/c1-15(2,3)23-14(22)16-8-7-11(20)17-9-5-4-6-10-12(9)19-13(21)18-10/h4-6H,7-8H2,1-3H3,(H,16,22)(H,17,20)(H2,18,19,21). The van der Waals surface area contributed by atoms with Crippen LogP contribution in [-0.2, 0) is 9.53 Å². The highest BCUT2D eigenvalue weighted by atomic mass is 16.6. The molecule has 23 heavy (non-hydrogen) atoms. The van der Waals surface area contributed by atoms with Crippen LogP contribution in [0.5, 0.6) is 0 Å². The molecule has 0 saturated heterocycles. The number of para-hydroxylation sites is 1. The van der Waals surface area contributed by atoms with E-state index in [0.29, 0.717) is 16.7 Å². The molecular formula is C15H20N4O4. The second kappa shape index (κ2) is 6.55. The molecule has 0 unspecified atom stereocenters. The van der Waals surface area contributed by atoms with Crippen molar-refractivity contribution >= 4 is 28.7 Å². The third-order valence-electron chi connectivity index (χ3n) is 2.85. The fraction of sp³-hybridized carbons (Fsp3) is 0.400. The third kappa shape index (κ3) is 4.87. The molecule has 8 heteroatoms. The van der Waals surface area contributed by atoms with Gasteiger partial charge in [0.2, 0.25) is 5.91 Å². The van der Waals surface area contributed by atoms with Crippen molar-refractivity contribution in [2.75, 3.05) is 11.9 Å². The van der Waals surface area contributed by atoms with Crippen LogP contribution in [0.3, 0.4) is 0 Å². The molecule has 8 nitrogen and oxygen atoms in total. The highest BCUT2D eigenvalue weighted by Gasteiger charge is 2.16. The summed E-state index contributed by atoms with van der Waals surface area (Å²) in [6, 6.07) is 5.14. The summed E-state index contributed by atoms with van der Waals surface area (Å²) in [6.45, 7) is 5.44. The first-order chi connectivity index (χ1) is 10.7. The monoisotopic (exact) mass is 320 g/mol. The zero-order valence-corrected chi connectivity index (χ0v) is 13.3. The van der Waals surface area contributed by atoms with Crippen molar-refractivity contribution in [3.8, 4) is 0 Å². The number of benzene rings is 1. The molecule has 1 heterocycles. The summed E-state index contributed by atoms with van der Waals surface area (Å²) in [6.07, 6.45) is -0.480. The average molecular weight is 320 g/mol. The van der Waals surface area contributed by atoms with Gasteiger partial charge in [0.05, 0.1) is 16.7 Å². The SMILES string of the molecule is CC(C)(C)OC(=O)NCCC(=O)Nc1cccc2[nH]c(=O)[nH]c12. The Morgan fingerprint density at radius 1 is 1.22 bits per heavy atom. The van der Waals surface area contributed by atoms with E-state index in [4.69, 9.17) is 4.74 Å². The van der Waals surface area contributed by atoms with Crippen LogP contribution in [0.1, 0.15) is 27.2 Å². The summed E-state index contributed by atoms with van der Waals surface area (Å²) in [4.78, 5) is 39.9. The van der Waals surface area contributed by atoms with Gasteiger partial charge in [-0.3, -0.25) is 4.79 Å². The van der Waals surface area contributed by atoms with Crippen molar-refractivity contribution in [1.82, 2.24) is 15.3 Å². The number of carbonyl (C=O) groups excluding carboxylic acids is 2. The minimum atomic E-state index is -0.581. The summed E-state index contributed by atoms with van der Waals surface area (Å²) >= 11 is 0. The molecule has 2 amide bonds. The predicted octanol–water partition coefficient (Wildman–Crippen LogP) is 1.71. The number of aromatic nitrogens is 2. The predicted molar refractivity (Wildman–Crippen MR) is 86.4 cm³/mol. The molecular weight excluding hydrogens is 300 g/mol. The smallest absolute Gasteiger partial charge is 0.407 e. The lowest BCUT2D eigenvalue weighted by molar-refractivity contribution is -0.116. The number of fused-ring (bicyclic) bond motifs is 1. The molecule has 0 atom stereocenters. The molecule has 0 aliphatic rings. The van der Waals surface area contributed by atoms with Crippen LogP contribution >= 0.6 is 0 Å². The van der Waals surface area contributed by atoms with Crippen molar-refractivity contribution in [3.05, 3.63) is 28.7 Å². The summed E-state index contributed by atoms with van der Waals surface area (Å²) in [5, 5.41) is 5.21. The largest absolute Gasteiger partial charge is 0.444 e. The molecule has 2 aromatic rings. The molecule has 0 radical (unpaired) electrons. The van der Waals surface area contributed by atoms with E-state index in [1.54, 1.807) is 39.0 Å². The number of anilines is 1. The lowest BCUT2D eigenvalue weighted by Gasteiger charge is -2.19. The molecule has 0 spiro atoms. The number of aromatic amines is 2. The summed E-state index contributed by atoms with van der Waals surface area (Å²) in [5.41, 5.74) is 0.726. The molecule has 124 valence electrons. The first-order valence-electron chi connectivity index (χ1n) is 7.22. The Morgan fingerprint density at radius 2 is 1.96 bits per heavy atom. The van der Waals surface area contributed by atoms with E-state index in [-0.39, 0.29) is 24.6 Å². The molecule has 0 fully saturated rings. The van der Waals surface area contributed by atoms with E-state index >= 15 is 0 Å². The topological polar surface area (TPSA) is 116 Å². The molecule has 4 N–H and O–H groups in total. The van der Waals surface area contributed by atoms with Gasteiger partial charge < -0.3 is 25.3 Å².